The van der Waals surface area contributed by atoms with Crippen LogP contribution in [0.2, 0.25) is 0 Å². The number of esters is 1. The van der Waals surface area contributed by atoms with E-state index in [0.717, 1.165) is 5.69 Å². The van der Waals surface area contributed by atoms with Gasteiger partial charge in [-0.25, -0.2) is 4.79 Å². The molecule has 2 N–H and O–H groups in total. The van der Waals surface area contributed by atoms with E-state index in [2.05, 4.69) is 0 Å². The van der Waals surface area contributed by atoms with Gasteiger partial charge in [-0.1, -0.05) is 0 Å². The highest BCUT2D eigenvalue weighted by molar-refractivity contribution is 5.92. The van der Waals surface area contributed by atoms with Crippen molar-refractivity contribution in [3.8, 4) is 17.2 Å². The molecule has 154 valence electrons. The van der Waals surface area contributed by atoms with Gasteiger partial charge in [0.2, 0.25) is 5.88 Å². The summed E-state index contributed by atoms with van der Waals surface area (Å²) in [5.41, 5.74) is 7.43. The highest BCUT2D eigenvalue weighted by Gasteiger charge is 2.39. The highest BCUT2D eigenvalue weighted by atomic mass is 16.5. The molecule has 1 aliphatic heterocycles. The maximum absolute atomic E-state index is 13.4. The molecule has 29 heavy (non-hydrogen) atoms. The van der Waals surface area contributed by atoms with Crippen LogP contribution in [0.4, 0.5) is 0 Å². The van der Waals surface area contributed by atoms with E-state index in [4.69, 9.17) is 24.7 Å². The third-order valence-corrected chi connectivity index (χ3v) is 5.04. The number of fused-ring (bicyclic) bond motifs is 1. The summed E-state index contributed by atoms with van der Waals surface area (Å²) in [6, 6.07) is 6.89. The summed E-state index contributed by atoms with van der Waals surface area (Å²) >= 11 is 0. The summed E-state index contributed by atoms with van der Waals surface area (Å²) in [4.78, 5) is 26.0. The molecule has 1 unspecified atom stereocenters. The zero-order chi connectivity index (χ0) is 21.3. The predicted octanol–water partition coefficient (Wildman–Crippen LogP) is 2.06. The Morgan fingerprint density at radius 2 is 1.93 bits per heavy atom. The average Bonchev–Trinajstić information content (AvgIpc) is 2.71. The molecule has 2 heterocycles. The average molecular weight is 400 g/mol. The second kappa shape index (κ2) is 7.90. The zero-order valence-electron chi connectivity index (χ0n) is 17.1. The van der Waals surface area contributed by atoms with E-state index in [1.807, 2.05) is 13.8 Å². The molecule has 0 radical (unpaired) electrons. The zero-order valence-corrected chi connectivity index (χ0v) is 17.1. The second-order valence-electron chi connectivity index (χ2n) is 6.53. The van der Waals surface area contributed by atoms with Crippen LogP contribution < -0.4 is 25.5 Å². The Labute approximate surface area is 168 Å². The van der Waals surface area contributed by atoms with Gasteiger partial charge in [-0.2, -0.15) is 0 Å². The van der Waals surface area contributed by atoms with Gasteiger partial charge in [0.05, 0.1) is 32.8 Å². The van der Waals surface area contributed by atoms with Gasteiger partial charge in [-0.3, -0.25) is 4.79 Å². The van der Waals surface area contributed by atoms with Gasteiger partial charge >= 0.3 is 5.97 Å². The third kappa shape index (κ3) is 3.30. The fraction of sp³-hybridized carbons (Fsp3) is 0.333. The number of methoxy groups -OCH3 is 3. The van der Waals surface area contributed by atoms with Crippen molar-refractivity contribution in [1.29, 1.82) is 0 Å². The van der Waals surface area contributed by atoms with E-state index in [0.29, 0.717) is 34.9 Å². The van der Waals surface area contributed by atoms with Crippen molar-refractivity contribution in [1.82, 2.24) is 4.57 Å². The van der Waals surface area contributed by atoms with Crippen LogP contribution in [0.3, 0.4) is 0 Å². The lowest BCUT2D eigenvalue weighted by molar-refractivity contribution is -0.136. The number of nitrogens with zero attached hydrogens (tertiary/aromatic N) is 1. The van der Waals surface area contributed by atoms with Crippen molar-refractivity contribution in [2.45, 2.75) is 26.3 Å². The standard InChI is InChI=1S/C21H24N2O6/c1-6-23-11(2)9-15-17(20(23)24)16(18(19(22)29-15)21(25)28-5)13-10-12(26-3)7-8-14(13)27-4/h7-10,16H,6,22H2,1-5H3. The topological polar surface area (TPSA) is 102 Å². The Kier molecular flexibility index (Phi) is 5.54. The number of pyridine rings is 1. The summed E-state index contributed by atoms with van der Waals surface area (Å²) in [7, 11) is 4.29. The Morgan fingerprint density at radius 1 is 1.21 bits per heavy atom. The van der Waals surface area contributed by atoms with Gasteiger partial charge in [-0.15, -0.1) is 0 Å². The molecular weight excluding hydrogens is 376 g/mol. The lowest BCUT2D eigenvalue weighted by atomic mass is 9.82. The number of benzene rings is 1. The summed E-state index contributed by atoms with van der Waals surface area (Å²) in [5, 5.41) is 0. The lowest BCUT2D eigenvalue weighted by Gasteiger charge is -2.29. The quantitative estimate of drug-likeness (QED) is 0.767. The fourth-order valence-electron chi connectivity index (χ4n) is 3.66. The first-order chi connectivity index (χ1) is 13.9. The molecule has 0 amide bonds. The van der Waals surface area contributed by atoms with Crippen LogP contribution in [0.5, 0.6) is 17.2 Å². The first-order valence-corrected chi connectivity index (χ1v) is 9.09. The molecule has 2 aromatic rings. The van der Waals surface area contributed by atoms with Gasteiger partial charge in [0.25, 0.3) is 5.56 Å². The van der Waals surface area contributed by atoms with Crippen LogP contribution in [0.25, 0.3) is 0 Å². The summed E-state index contributed by atoms with van der Waals surface area (Å²) in [5.74, 6) is -0.335. The molecule has 8 nitrogen and oxygen atoms in total. The van der Waals surface area contributed by atoms with Crippen LogP contribution in [-0.4, -0.2) is 31.9 Å². The molecule has 0 bridgehead atoms. The first-order valence-electron chi connectivity index (χ1n) is 9.09. The normalized spacial score (nSPS) is 15.4. The largest absolute Gasteiger partial charge is 0.497 e. The van der Waals surface area contributed by atoms with Crippen molar-refractivity contribution < 1.29 is 23.7 Å². The monoisotopic (exact) mass is 400 g/mol. The van der Waals surface area contributed by atoms with Crippen LogP contribution in [-0.2, 0) is 16.1 Å². The van der Waals surface area contributed by atoms with Gasteiger partial charge < -0.3 is 29.2 Å². The number of aryl methyl sites for hydroxylation is 1. The van der Waals surface area contributed by atoms with E-state index in [-0.39, 0.29) is 17.0 Å². The Bertz CT molecular complexity index is 1050. The van der Waals surface area contributed by atoms with Crippen molar-refractivity contribution in [3.05, 3.63) is 62.9 Å². The van der Waals surface area contributed by atoms with Crippen LogP contribution in [0, 0.1) is 6.92 Å². The number of hydrogen-bond acceptors (Lipinski definition) is 7. The highest BCUT2D eigenvalue weighted by Crippen LogP contribution is 2.45. The molecular formula is C21H24N2O6. The minimum Gasteiger partial charge on any atom is -0.497 e. The molecule has 1 aromatic heterocycles. The predicted molar refractivity (Wildman–Crippen MR) is 106 cm³/mol. The van der Waals surface area contributed by atoms with E-state index in [1.165, 1.54) is 21.3 Å². The van der Waals surface area contributed by atoms with Gasteiger partial charge in [0.15, 0.2) is 0 Å². The minimum atomic E-state index is -0.845. The number of ether oxygens (including phenoxy) is 4. The fourth-order valence-corrected chi connectivity index (χ4v) is 3.66. The number of carbonyl (C=O) groups is 1. The van der Waals surface area contributed by atoms with E-state index >= 15 is 0 Å². The summed E-state index contributed by atoms with van der Waals surface area (Å²) in [6.45, 7) is 4.15. The molecule has 0 fully saturated rings. The molecule has 0 saturated carbocycles. The van der Waals surface area contributed by atoms with Gasteiger partial charge in [0.1, 0.15) is 22.8 Å². The van der Waals surface area contributed by atoms with Crippen molar-refractivity contribution in [2.75, 3.05) is 21.3 Å². The summed E-state index contributed by atoms with van der Waals surface area (Å²) in [6.07, 6.45) is 0. The Balaban J connectivity index is 2.42. The molecule has 1 aromatic carbocycles. The number of nitrogens with two attached hydrogens (primary N) is 1. The molecule has 1 atom stereocenters. The third-order valence-electron chi connectivity index (χ3n) is 5.04. The van der Waals surface area contributed by atoms with E-state index in [1.54, 1.807) is 28.8 Å². The number of hydrogen-bond donors (Lipinski definition) is 1. The number of carbonyl (C=O) groups excluding carboxylic acids is 1. The Hall–Kier alpha value is -3.42. The van der Waals surface area contributed by atoms with Crippen molar-refractivity contribution in [2.24, 2.45) is 5.73 Å². The van der Waals surface area contributed by atoms with Crippen LogP contribution >= 0.6 is 0 Å². The second-order valence-corrected chi connectivity index (χ2v) is 6.53. The summed E-state index contributed by atoms with van der Waals surface area (Å²) < 4.78 is 23.1. The molecule has 0 saturated heterocycles. The molecule has 1 aliphatic rings. The van der Waals surface area contributed by atoms with Crippen LogP contribution in [0.1, 0.15) is 29.7 Å². The molecule has 8 heteroatoms. The molecule has 3 rings (SSSR count). The smallest absolute Gasteiger partial charge is 0.340 e. The number of rotatable bonds is 5. The minimum absolute atomic E-state index is 0.0372. The van der Waals surface area contributed by atoms with Crippen molar-refractivity contribution >= 4 is 5.97 Å². The van der Waals surface area contributed by atoms with E-state index in [9.17, 15) is 9.59 Å². The first kappa shape index (κ1) is 20.3. The molecule has 0 spiro atoms. The maximum atomic E-state index is 13.4. The van der Waals surface area contributed by atoms with Gasteiger partial charge in [0, 0.05) is 23.9 Å². The number of aromatic nitrogens is 1. The van der Waals surface area contributed by atoms with Crippen LogP contribution in [0.15, 0.2) is 40.5 Å². The van der Waals surface area contributed by atoms with E-state index < -0.39 is 11.9 Å². The maximum Gasteiger partial charge on any atom is 0.340 e. The Morgan fingerprint density at radius 3 is 2.52 bits per heavy atom. The van der Waals surface area contributed by atoms with Crippen molar-refractivity contribution in [3.63, 3.8) is 0 Å². The lowest BCUT2D eigenvalue weighted by Crippen LogP contribution is -2.35. The SMILES string of the molecule is CCn1c(C)cc2c(c1=O)C(c1cc(OC)ccc1OC)C(C(=O)OC)=C(N)O2. The van der Waals surface area contributed by atoms with Gasteiger partial charge in [-0.05, 0) is 32.0 Å². The molecule has 0 aliphatic carbocycles.